The summed E-state index contributed by atoms with van der Waals surface area (Å²) in [6.07, 6.45) is 6.23. The minimum Gasteiger partial charge on any atom is -0.133 e. The van der Waals surface area contributed by atoms with Gasteiger partial charge in [-0.3, -0.25) is 0 Å². The maximum absolute atomic E-state index is 10.0. The molecule has 0 aromatic heterocycles. The second-order valence-electron chi connectivity index (χ2n) is 1.52. The van der Waals surface area contributed by atoms with Gasteiger partial charge in [-0.25, -0.2) is 0 Å². The molecule has 0 aliphatic heterocycles. The average molecular weight is 159 g/mol. The van der Waals surface area contributed by atoms with Crippen LogP contribution in [0.5, 0.6) is 0 Å². The summed E-state index contributed by atoms with van der Waals surface area (Å²) in [5, 5.41) is 0. The Morgan fingerprint density at radius 3 is 2.90 bits per heavy atom. The maximum Gasteiger partial charge on any atom is 0.696 e. The van der Waals surface area contributed by atoms with Gasteiger partial charge in [0.1, 0.15) is 0 Å². The standard InChI is InChI=1S/C6H7O3P/c1-3-5-6(4-2)9-10(7)8/h2-3,6H,1,5H2/p+1. The Kier molecular flexibility index (Phi) is 4.78. The smallest absolute Gasteiger partial charge is 0.133 e. The molecule has 0 aliphatic carbocycles. The molecule has 0 spiro atoms. The van der Waals surface area contributed by atoms with E-state index in [4.69, 9.17) is 11.3 Å². The number of terminal acetylenes is 1. The molecule has 0 radical (unpaired) electrons. The van der Waals surface area contributed by atoms with Gasteiger partial charge in [0.05, 0.1) is 0 Å². The van der Waals surface area contributed by atoms with Gasteiger partial charge in [0, 0.05) is 11.0 Å². The van der Waals surface area contributed by atoms with Gasteiger partial charge in [-0.05, 0) is 0 Å². The molecule has 0 saturated carbocycles. The predicted molar refractivity (Wildman–Crippen MR) is 38.3 cm³/mol. The first-order chi connectivity index (χ1) is 4.70. The molecule has 2 unspecified atom stereocenters. The molecule has 0 fully saturated rings. The molecule has 0 aromatic rings. The highest BCUT2D eigenvalue weighted by Crippen LogP contribution is 2.19. The summed E-state index contributed by atoms with van der Waals surface area (Å²) in [5.74, 6) is 2.20. The van der Waals surface area contributed by atoms with E-state index in [-0.39, 0.29) is 0 Å². The Hall–Kier alpha value is -0.680. The van der Waals surface area contributed by atoms with Crippen molar-refractivity contribution >= 4 is 8.25 Å². The summed E-state index contributed by atoms with van der Waals surface area (Å²) in [7, 11) is -2.60. The van der Waals surface area contributed by atoms with Crippen LogP contribution in [0.25, 0.3) is 0 Å². The average Bonchev–Trinajstić information content (AvgIpc) is 1.86. The molecule has 3 nitrogen and oxygen atoms in total. The normalized spacial score (nSPS) is 13.4. The van der Waals surface area contributed by atoms with Crippen LogP contribution in [0.3, 0.4) is 0 Å². The summed E-state index contributed by atoms with van der Waals surface area (Å²) < 4.78 is 14.4. The van der Waals surface area contributed by atoms with Gasteiger partial charge in [0.25, 0.3) is 0 Å². The van der Waals surface area contributed by atoms with Gasteiger partial charge in [0.15, 0.2) is 6.10 Å². The van der Waals surface area contributed by atoms with E-state index in [1.165, 1.54) is 6.08 Å². The summed E-state index contributed by atoms with van der Waals surface area (Å²) in [4.78, 5) is 8.24. The van der Waals surface area contributed by atoms with Crippen LogP contribution < -0.4 is 0 Å². The first-order valence-electron chi connectivity index (χ1n) is 2.60. The zero-order valence-corrected chi connectivity index (χ0v) is 6.25. The van der Waals surface area contributed by atoms with Crippen LogP contribution in [0.4, 0.5) is 0 Å². The fraction of sp³-hybridized carbons (Fsp3) is 0.333. The Bertz CT molecular complexity index is 170. The van der Waals surface area contributed by atoms with Crippen molar-refractivity contribution in [3.63, 3.8) is 0 Å². The first-order valence-corrected chi connectivity index (χ1v) is 3.73. The van der Waals surface area contributed by atoms with Crippen LogP contribution in [0.15, 0.2) is 12.7 Å². The molecule has 0 rings (SSSR count). The fourth-order valence-corrected chi connectivity index (χ4v) is 0.766. The first kappa shape index (κ1) is 9.32. The monoisotopic (exact) mass is 159 g/mol. The van der Waals surface area contributed by atoms with Crippen molar-refractivity contribution in [1.29, 1.82) is 0 Å². The minimum absolute atomic E-state index is 0.387. The minimum atomic E-state index is -2.60. The van der Waals surface area contributed by atoms with Crippen LogP contribution in [0, 0.1) is 12.3 Å². The van der Waals surface area contributed by atoms with E-state index in [0.717, 1.165) is 0 Å². The molecular formula is C6H8O3P+. The van der Waals surface area contributed by atoms with Crippen LogP contribution in [0.2, 0.25) is 0 Å². The lowest BCUT2D eigenvalue weighted by atomic mass is 10.3. The van der Waals surface area contributed by atoms with E-state index in [2.05, 4.69) is 17.0 Å². The Labute approximate surface area is 60.7 Å². The van der Waals surface area contributed by atoms with Gasteiger partial charge in [0.2, 0.25) is 0 Å². The summed E-state index contributed by atoms with van der Waals surface area (Å²) in [5.41, 5.74) is 0. The van der Waals surface area contributed by atoms with Gasteiger partial charge in [-0.2, -0.15) is 0 Å². The van der Waals surface area contributed by atoms with Crippen molar-refractivity contribution < 1.29 is 14.0 Å². The van der Waals surface area contributed by atoms with Crippen molar-refractivity contribution in [3.05, 3.63) is 12.7 Å². The molecule has 0 aromatic carbocycles. The molecule has 0 aliphatic rings. The third-order valence-corrected chi connectivity index (χ3v) is 1.22. The van der Waals surface area contributed by atoms with Crippen molar-refractivity contribution in [2.45, 2.75) is 12.5 Å². The lowest BCUT2D eigenvalue weighted by Gasteiger charge is -1.94. The fourth-order valence-electron chi connectivity index (χ4n) is 0.402. The highest BCUT2D eigenvalue weighted by atomic mass is 31.1. The molecule has 0 bridgehead atoms. The van der Waals surface area contributed by atoms with Crippen LogP contribution in [-0.4, -0.2) is 11.0 Å². The zero-order chi connectivity index (χ0) is 7.98. The molecule has 54 valence electrons. The van der Waals surface area contributed by atoms with E-state index in [1.807, 2.05) is 0 Å². The Balaban J connectivity index is 3.74. The van der Waals surface area contributed by atoms with Gasteiger partial charge >= 0.3 is 8.25 Å². The predicted octanol–water partition coefficient (Wildman–Crippen LogP) is 1.23. The van der Waals surface area contributed by atoms with E-state index in [9.17, 15) is 4.57 Å². The lowest BCUT2D eigenvalue weighted by Crippen LogP contribution is -2.02. The number of hydrogen-bond donors (Lipinski definition) is 1. The van der Waals surface area contributed by atoms with Gasteiger partial charge in [-0.1, -0.05) is 12.0 Å². The molecule has 1 N–H and O–H groups in total. The summed E-state index contributed by atoms with van der Waals surface area (Å²) >= 11 is 0. The van der Waals surface area contributed by atoms with Crippen LogP contribution in [-0.2, 0) is 9.09 Å². The quantitative estimate of drug-likeness (QED) is 0.381. The highest BCUT2D eigenvalue weighted by molar-refractivity contribution is 7.32. The molecule has 4 heteroatoms. The lowest BCUT2D eigenvalue weighted by molar-refractivity contribution is 0.239. The molecule has 0 heterocycles. The molecule has 0 saturated heterocycles. The zero-order valence-electron chi connectivity index (χ0n) is 5.36. The second-order valence-corrected chi connectivity index (χ2v) is 2.21. The number of hydrogen-bond acceptors (Lipinski definition) is 2. The topological polar surface area (TPSA) is 46.5 Å². The van der Waals surface area contributed by atoms with E-state index in [1.54, 1.807) is 0 Å². The second kappa shape index (κ2) is 5.13. The molecule has 10 heavy (non-hydrogen) atoms. The number of rotatable bonds is 4. The highest BCUT2D eigenvalue weighted by Gasteiger charge is 2.19. The summed E-state index contributed by atoms with van der Waals surface area (Å²) in [6, 6.07) is 0. The maximum atomic E-state index is 10.0. The van der Waals surface area contributed by atoms with E-state index < -0.39 is 14.4 Å². The summed E-state index contributed by atoms with van der Waals surface area (Å²) in [6.45, 7) is 3.40. The van der Waals surface area contributed by atoms with Crippen molar-refractivity contribution in [3.8, 4) is 12.3 Å². The van der Waals surface area contributed by atoms with Crippen molar-refractivity contribution in [1.82, 2.24) is 0 Å². The third kappa shape index (κ3) is 4.22. The van der Waals surface area contributed by atoms with Gasteiger partial charge in [-0.15, -0.1) is 22.4 Å². The van der Waals surface area contributed by atoms with Crippen LogP contribution >= 0.6 is 8.25 Å². The van der Waals surface area contributed by atoms with Gasteiger partial charge < -0.3 is 0 Å². The molecule has 0 amide bonds. The Morgan fingerprint density at radius 1 is 2.00 bits per heavy atom. The molecule has 2 atom stereocenters. The largest absolute Gasteiger partial charge is 0.696 e. The SMILES string of the molecule is C#CC(CC=C)O[P+](=O)O. The van der Waals surface area contributed by atoms with Crippen molar-refractivity contribution in [2.75, 3.05) is 0 Å². The Morgan fingerprint density at radius 2 is 2.60 bits per heavy atom. The van der Waals surface area contributed by atoms with E-state index >= 15 is 0 Å². The molecular weight excluding hydrogens is 151 g/mol. The third-order valence-electron chi connectivity index (χ3n) is 0.784. The van der Waals surface area contributed by atoms with Crippen molar-refractivity contribution in [2.24, 2.45) is 0 Å². The van der Waals surface area contributed by atoms with E-state index in [0.29, 0.717) is 6.42 Å². The van der Waals surface area contributed by atoms with Crippen LogP contribution in [0.1, 0.15) is 6.42 Å².